The number of carbonyl (C=O) groups is 3. The van der Waals surface area contributed by atoms with Crippen molar-refractivity contribution in [2.75, 3.05) is 25.0 Å². The largest absolute Gasteiger partial charge is 0.339 e. The number of rotatable bonds is 2. The number of carbonyl (C=O) groups excluding carboxylic acids is 3. The molecule has 2 saturated heterocycles. The summed E-state index contributed by atoms with van der Waals surface area (Å²) >= 11 is 0. The Balaban J connectivity index is 1.38. The monoisotopic (exact) mass is 421 g/mol. The molecule has 2 aromatic rings. The molecular formula is C22H23N5O4. The summed E-state index contributed by atoms with van der Waals surface area (Å²) in [7, 11) is 0. The second kappa shape index (κ2) is 7.33. The molecule has 1 spiro atoms. The summed E-state index contributed by atoms with van der Waals surface area (Å²) in [6.07, 6.45) is 2.78. The number of nitrogens with one attached hydrogen (secondary N) is 2. The number of amides is 3. The third kappa shape index (κ3) is 3.11. The van der Waals surface area contributed by atoms with Gasteiger partial charge < -0.3 is 15.1 Å². The molecule has 1 aromatic heterocycles. The third-order valence-corrected chi connectivity index (χ3v) is 6.65. The molecule has 31 heavy (non-hydrogen) atoms. The molecule has 2 fully saturated rings. The fourth-order valence-corrected chi connectivity index (χ4v) is 5.03. The van der Waals surface area contributed by atoms with Gasteiger partial charge in [0.25, 0.3) is 11.5 Å². The third-order valence-electron chi connectivity index (χ3n) is 6.65. The zero-order valence-electron chi connectivity index (χ0n) is 17.0. The first-order chi connectivity index (χ1) is 15.0. The molecule has 2 atom stereocenters. The highest BCUT2D eigenvalue weighted by atomic mass is 16.2. The maximum absolute atomic E-state index is 13.5. The molecular weight excluding hydrogens is 398 g/mol. The zero-order valence-corrected chi connectivity index (χ0v) is 17.0. The van der Waals surface area contributed by atoms with Crippen molar-refractivity contribution < 1.29 is 14.4 Å². The molecule has 5 rings (SSSR count). The van der Waals surface area contributed by atoms with Crippen LogP contribution in [0.15, 0.2) is 41.2 Å². The van der Waals surface area contributed by atoms with Gasteiger partial charge in [-0.25, -0.2) is 5.10 Å². The maximum atomic E-state index is 13.5. The Morgan fingerprint density at radius 3 is 2.71 bits per heavy atom. The molecule has 9 heteroatoms. The van der Waals surface area contributed by atoms with E-state index in [0.29, 0.717) is 32.5 Å². The summed E-state index contributed by atoms with van der Waals surface area (Å²) in [5.74, 6) is -0.572. The van der Waals surface area contributed by atoms with E-state index in [1.165, 1.54) is 12.1 Å². The number of piperidine rings is 1. The van der Waals surface area contributed by atoms with Gasteiger partial charge in [0.2, 0.25) is 11.8 Å². The number of H-pyrrole nitrogens is 1. The summed E-state index contributed by atoms with van der Waals surface area (Å²) in [5.41, 5.74) is 0.738. The van der Waals surface area contributed by atoms with E-state index in [1.54, 1.807) is 9.80 Å². The number of para-hydroxylation sites is 1. The number of fused-ring (bicyclic) bond motifs is 2. The van der Waals surface area contributed by atoms with Crippen LogP contribution in [0, 0.1) is 0 Å². The lowest BCUT2D eigenvalue weighted by molar-refractivity contribution is -0.136. The van der Waals surface area contributed by atoms with Gasteiger partial charge in [0, 0.05) is 31.4 Å². The van der Waals surface area contributed by atoms with Crippen LogP contribution in [-0.2, 0) is 15.0 Å². The highest BCUT2D eigenvalue weighted by Gasteiger charge is 2.53. The van der Waals surface area contributed by atoms with E-state index < -0.39 is 11.5 Å². The van der Waals surface area contributed by atoms with Gasteiger partial charge in [0.05, 0.1) is 5.41 Å². The van der Waals surface area contributed by atoms with E-state index in [4.69, 9.17) is 0 Å². The zero-order chi connectivity index (χ0) is 21.6. The predicted octanol–water partition coefficient (Wildman–Crippen LogP) is 0.887. The van der Waals surface area contributed by atoms with Crippen molar-refractivity contribution in [3.8, 4) is 0 Å². The number of anilines is 1. The number of hydrogen-bond donors (Lipinski definition) is 2. The van der Waals surface area contributed by atoms with Crippen molar-refractivity contribution >= 4 is 23.4 Å². The number of hydrogen-bond acceptors (Lipinski definition) is 5. The smallest absolute Gasteiger partial charge is 0.274 e. The van der Waals surface area contributed by atoms with Gasteiger partial charge in [0.15, 0.2) is 0 Å². The number of benzene rings is 1. The molecule has 4 heterocycles. The standard InChI is InChI=1S/C22H23N5O4/c28-18-9-8-16(24-25-18)19(29)27-11-4-3-7-17(27)20(30)26-12-10-22(13-26)14-5-1-2-6-15(14)23-21(22)31/h1-2,5-6,8-9,17H,3-4,7,10-13H2,(H,23,31)(H,25,28). The minimum absolute atomic E-state index is 0.0713. The van der Waals surface area contributed by atoms with E-state index in [-0.39, 0.29) is 29.0 Å². The van der Waals surface area contributed by atoms with Gasteiger partial charge in [-0.05, 0) is 43.4 Å². The van der Waals surface area contributed by atoms with Gasteiger partial charge in [-0.1, -0.05) is 18.2 Å². The summed E-state index contributed by atoms with van der Waals surface area (Å²) in [5, 5.41) is 9.05. The molecule has 3 aliphatic rings. The van der Waals surface area contributed by atoms with Gasteiger partial charge >= 0.3 is 0 Å². The van der Waals surface area contributed by atoms with Crippen LogP contribution in [0.4, 0.5) is 5.69 Å². The lowest BCUT2D eigenvalue weighted by Crippen LogP contribution is -2.53. The van der Waals surface area contributed by atoms with E-state index in [0.717, 1.165) is 24.1 Å². The molecule has 2 N–H and O–H groups in total. The molecule has 0 aliphatic carbocycles. The molecule has 0 saturated carbocycles. The van der Waals surface area contributed by atoms with Crippen LogP contribution in [0.3, 0.4) is 0 Å². The van der Waals surface area contributed by atoms with Crippen LogP contribution < -0.4 is 10.9 Å². The Bertz CT molecular complexity index is 1110. The maximum Gasteiger partial charge on any atom is 0.274 e. The average molecular weight is 421 g/mol. The van der Waals surface area contributed by atoms with Gasteiger partial charge in [-0.15, -0.1) is 0 Å². The van der Waals surface area contributed by atoms with Crippen LogP contribution in [-0.4, -0.2) is 63.4 Å². The van der Waals surface area contributed by atoms with Crippen LogP contribution >= 0.6 is 0 Å². The Morgan fingerprint density at radius 1 is 1.06 bits per heavy atom. The van der Waals surface area contributed by atoms with Gasteiger partial charge in [0.1, 0.15) is 11.7 Å². The van der Waals surface area contributed by atoms with Crippen LogP contribution in [0.2, 0.25) is 0 Å². The van der Waals surface area contributed by atoms with Crippen LogP contribution in [0.25, 0.3) is 0 Å². The fourth-order valence-electron chi connectivity index (χ4n) is 5.03. The normalized spacial score (nSPS) is 24.9. The van der Waals surface area contributed by atoms with Crippen LogP contribution in [0.1, 0.15) is 41.7 Å². The van der Waals surface area contributed by atoms with E-state index >= 15 is 0 Å². The van der Waals surface area contributed by atoms with E-state index in [1.807, 2.05) is 24.3 Å². The molecule has 160 valence electrons. The lowest BCUT2D eigenvalue weighted by atomic mass is 9.81. The SMILES string of the molecule is O=C(C1CCCCN1C(=O)c1ccc(=O)[nH]n1)N1CCC2(C1)C(=O)Nc1ccccc12. The second-order valence-corrected chi connectivity index (χ2v) is 8.41. The highest BCUT2D eigenvalue weighted by molar-refractivity contribution is 6.07. The number of aromatic nitrogens is 2. The molecule has 9 nitrogen and oxygen atoms in total. The first-order valence-corrected chi connectivity index (χ1v) is 10.6. The Morgan fingerprint density at radius 2 is 1.90 bits per heavy atom. The molecule has 2 unspecified atom stereocenters. The number of likely N-dealkylation sites (tertiary alicyclic amines) is 2. The predicted molar refractivity (Wildman–Crippen MR) is 111 cm³/mol. The van der Waals surface area contributed by atoms with Gasteiger partial charge in [-0.3, -0.25) is 19.2 Å². The minimum atomic E-state index is -0.726. The first-order valence-electron chi connectivity index (χ1n) is 10.6. The number of aromatic amines is 1. The average Bonchev–Trinajstić information content (AvgIpc) is 3.36. The first kappa shape index (κ1) is 19.5. The van der Waals surface area contributed by atoms with E-state index in [9.17, 15) is 19.2 Å². The van der Waals surface area contributed by atoms with Crippen molar-refractivity contribution in [1.29, 1.82) is 0 Å². The molecule has 3 aliphatic heterocycles. The lowest BCUT2D eigenvalue weighted by Gasteiger charge is -2.36. The topological polar surface area (TPSA) is 115 Å². The second-order valence-electron chi connectivity index (χ2n) is 8.41. The molecule has 3 amide bonds. The highest BCUT2D eigenvalue weighted by Crippen LogP contribution is 2.44. The Kier molecular flexibility index (Phi) is 4.60. The molecule has 0 bridgehead atoms. The summed E-state index contributed by atoms with van der Waals surface area (Å²) in [4.78, 5) is 53.9. The van der Waals surface area contributed by atoms with Crippen molar-refractivity contribution in [3.05, 3.63) is 58.0 Å². The summed E-state index contributed by atoms with van der Waals surface area (Å²) in [6, 6.07) is 9.65. The molecule has 1 aromatic carbocycles. The Hall–Kier alpha value is -3.49. The van der Waals surface area contributed by atoms with Gasteiger partial charge in [-0.2, -0.15) is 5.10 Å². The van der Waals surface area contributed by atoms with Crippen molar-refractivity contribution in [1.82, 2.24) is 20.0 Å². The summed E-state index contributed by atoms with van der Waals surface area (Å²) in [6.45, 7) is 1.23. The van der Waals surface area contributed by atoms with E-state index in [2.05, 4.69) is 15.5 Å². The van der Waals surface area contributed by atoms with Crippen molar-refractivity contribution in [2.24, 2.45) is 0 Å². The quantitative estimate of drug-likeness (QED) is 0.747. The Labute approximate surface area is 178 Å². The van der Waals surface area contributed by atoms with Crippen LogP contribution in [0.5, 0.6) is 0 Å². The van der Waals surface area contributed by atoms with Crippen molar-refractivity contribution in [3.63, 3.8) is 0 Å². The molecule has 0 radical (unpaired) electrons. The van der Waals surface area contributed by atoms with Crippen molar-refractivity contribution in [2.45, 2.75) is 37.1 Å². The number of nitrogens with zero attached hydrogens (tertiary/aromatic N) is 3. The fraction of sp³-hybridized carbons (Fsp3) is 0.409. The minimum Gasteiger partial charge on any atom is -0.339 e. The summed E-state index contributed by atoms with van der Waals surface area (Å²) < 4.78 is 0.